The largest absolute Gasteiger partial charge is 0.483 e. The number of carbonyl (C=O) groups excluding carboxylic acids is 1. The fraction of sp³-hybridized carbons (Fsp3) is 0.261. The number of rotatable bonds is 7. The van der Waals surface area contributed by atoms with E-state index in [1.807, 2.05) is 6.92 Å². The van der Waals surface area contributed by atoms with Crippen molar-refractivity contribution >= 4 is 18.1 Å². The number of aromatic nitrogens is 5. The molecule has 1 saturated carbocycles. The lowest BCUT2D eigenvalue weighted by atomic mass is 9.89. The highest BCUT2D eigenvalue weighted by Crippen LogP contribution is 2.37. The van der Waals surface area contributed by atoms with Gasteiger partial charge in [-0.25, -0.2) is 4.39 Å². The Morgan fingerprint density at radius 1 is 1.37 bits per heavy atom. The van der Waals surface area contributed by atoms with Gasteiger partial charge in [0.15, 0.2) is 11.6 Å². The Kier molecular flexibility index (Phi) is 7.31. The highest BCUT2D eigenvalue weighted by atomic mass is 19.1. The molecule has 11 nitrogen and oxygen atoms in total. The van der Waals surface area contributed by atoms with E-state index in [1.54, 1.807) is 35.4 Å². The van der Waals surface area contributed by atoms with Crippen LogP contribution in [0, 0.1) is 5.82 Å². The van der Waals surface area contributed by atoms with Gasteiger partial charge in [0.25, 0.3) is 12.4 Å². The number of pyridine rings is 1. The van der Waals surface area contributed by atoms with E-state index < -0.39 is 11.7 Å². The minimum Gasteiger partial charge on any atom is -0.483 e. The van der Waals surface area contributed by atoms with E-state index in [4.69, 9.17) is 19.1 Å². The summed E-state index contributed by atoms with van der Waals surface area (Å²) in [5.74, 6) is -0.375. The van der Waals surface area contributed by atoms with Gasteiger partial charge in [-0.15, -0.1) is 0 Å². The summed E-state index contributed by atoms with van der Waals surface area (Å²) in [5, 5.41) is 20.8. The van der Waals surface area contributed by atoms with Crippen LogP contribution in [0.4, 0.5) is 10.1 Å². The van der Waals surface area contributed by atoms with Gasteiger partial charge < -0.3 is 19.6 Å². The van der Waals surface area contributed by atoms with Crippen molar-refractivity contribution in [1.82, 2.24) is 25.0 Å². The molecule has 0 aromatic carbocycles. The number of furan rings is 1. The molecule has 182 valence electrons. The number of hydrogen-bond donors (Lipinski definition) is 3. The molecule has 4 heterocycles. The van der Waals surface area contributed by atoms with Gasteiger partial charge in [0.05, 0.1) is 29.6 Å². The van der Waals surface area contributed by atoms with E-state index in [0.29, 0.717) is 18.1 Å². The van der Waals surface area contributed by atoms with E-state index in [-0.39, 0.29) is 35.8 Å². The van der Waals surface area contributed by atoms with Crippen molar-refractivity contribution in [2.75, 3.05) is 11.9 Å². The molecule has 0 saturated heterocycles. The van der Waals surface area contributed by atoms with Crippen LogP contribution in [-0.4, -0.2) is 55.2 Å². The van der Waals surface area contributed by atoms with Crippen molar-refractivity contribution in [3.05, 3.63) is 60.6 Å². The molecule has 3 N–H and O–H groups in total. The third-order valence-electron chi connectivity index (χ3n) is 5.42. The molecule has 5 rings (SSSR count). The molecule has 0 radical (unpaired) electrons. The Labute approximate surface area is 198 Å². The van der Waals surface area contributed by atoms with Gasteiger partial charge in [-0.05, 0) is 44.0 Å². The average molecular weight is 482 g/mol. The molecule has 0 bridgehead atoms. The highest BCUT2D eigenvalue weighted by Gasteiger charge is 2.33. The van der Waals surface area contributed by atoms with Crippen LogP contribution in [0.5, 0.6) is 0 Å². The first kappa shape index (κ1) is 23.8. The first-order chi connectivity index (χ1) is 17.0. The predicted molar refractivity (Wildman–Crippen MR) is 122 cm³/mol. The Balaban J connectivity index is 0.000000917. The zero-order valence-electron chi connectivity index (χ0n) is 18.7. The highest BCUT2D eigenvalue weighted by molar-refractivity contribution is 6.04. The maximum Gasteiger partial charge on any atom is 0.291 e. The van der Waals surface area contributed by atoms with E-state index in [0.717, 1.165) is 18.4 Å². The van der Waals surface area contributed by atoms with Gasteiger partial charge in [0.2, 0.25) is 0 Å². The molecular formula is C23H23FN6O5. The minimum absolute atomic E-state index is 0.0702. The second-order valence-electron chi connectivity index (χ2n) is 7.62. The number of H-pyrrole nitrogens is 1. The summed E-state index contributed by atoms with van der Waals surface area (Å²) in [6.45, 7) is 2.37. The molecule has 1 aliphatic rings. The predicted octanol–water partition coefficient (Wildman–Crippen LogP) is 3.76. The lowest BCUT2D eigenvalue weighted by molar-refractivity contribution is -0.122. The van der Waals surface area contributed by atoms with Crippen molar-refractivity contribution in [3.63, 3.8) is 0 Å². The topological polar surface area (TPSA) is 148 Å². The number of amides is 1. The molecule has 0 aliphatic heterocycles. The van der Waals surface area contributed by atoms with Crippen LogP contribution in [0.2, 0.25) is 0 Å². The molecule has 1 amide bonds. The summed E-state index contributed by atoms with van der Waals surface area (Å²) in [4.78, 5) is 25.4. The fourth-order valence-electron chi connectivity index (χ4n) is 3.72. The maximum atomic E-state index is 14.5. The summed E-state index contributed by atoms with van der Waals surface area (Å²) in [5.41, 5.74) is 1.41. The van der Waals surface area contributed by atoms with Crippen LogP contribution in [0.1, 0.15) is 36.4 Å². The number of halogens is 1. The fourth-order valence-corrected chi connectivity index (χ4v) is 3.72. The van der Waals surface area contributed by atoms with Crippen LogP contribution >= 0.6 is 0 Å². The molecule has 0 spiro atoms. The van der Waals surface area contributed by atoms with Crippen molar-refractivity contribution in [2.45, 2.75) is 31.9 Å². The number of ether oxygens (including phenoxy) is 1. The van der Waals surface area contributed by atoms with Gasteiger partial charge in [-0.1, -0.05) is 0 Å². The van der Waals surface area contributed by atoms with Crippen LogP contribution in [0.3, 0.4) is 0 Å². The minimum atomic E-state index is -0.519. The van der Waals surface area contributed by atoms with Gasteiger partial charge in [0, 0.05) is 25.2 Å². The Morgan fingerprint density at radius 3 is 2.86 bits per heavy atom. The van der Waals surface area contributed by atoms with Crippen molar-refractivity contribution in [1.29, 1.82) is 0 Å². The Morgan fingerprint density at radius 2 is 2.17 bits per heavy atom. The van der Waals surface area contributed by atoms with Crippen molar-refractivity contribution < 1.29 is 28.2 Å². The van der Waals surface area contributed by atoms with Gasteiger partial charge in [-0.2, -0.15) is 10.2 Å². The maximum absolute atomic E-state index is 14.5. The van der Waals surface area contributed by atoms with E-state index in [9.17, 15) is 9.18 Å². The normalized spacial score (nSPS) is 16.6. The zero-order valence-corrected chi connectivity index (χ0v) is 18.7. The smallest absolute Gasteiger partial charge is 0.291 e. The van der Waals surface area contributed by atoms with Crippen molar-refractivity contribution in [3.8, 4) is 22.7 Å². The summed E-state index contributed by atoms with van der Waals surface area (Å²) in [6.07, 6.45) is 8.25. The van der Waals surface area contributed by atoms with Gasteiger partial charge in [-0.3, -0.25) is 24.4 Å². The summed E-state index contributed by atoms with van der Waals surface area (Å²) in [6, 6.07) is 6.18. The second-order valence-corrected chi connectivity index (χ2v) is 7.62. The lowest BCUT2D eigenvalue weighted by Crippen LogP contribution is -2.33. The molecule has 0 unspecified atom stereocenters. The van der Waals surface area contributed by atoms with E-state index >= 15 is 0 Å². The summed E-state index contributed by atoms with van der Waals surface area (Å²) >= 11 is 0. The number of aromatic amines is 1. The van der Waals surface area contributed by atoms with Crippen molar-refractivity contribution in [2.24, 2.45) is 0 Å². The van der Waals surface area contributed by atoms with Crippen LogP contribution in [0.25, 0.3) is 22.7 Å². The molecule has 0 atom stereocenters. The molecule has 12 heteroatoms. The second kappa shape index (κ2) is 10.7. The Bertz CT molecular complexity index is 1280. The number of nitrogens with zero attached hydrogens (tertiary/aromatic N) is 4. The SMILES string of the molecule is CCO[C@H]1C[C@H](n2cc(NC(=O)c3ccc(-c4cn[nH]c4)o3)c(-c3ncccc3F)n2)C1.O=CO. The zero-order chi connectivity index (χ0) is 24.8. The molecule has 1 fully saturated rings. The van der Waals surface area contributed by atoms with Crippen LogP contribution in [-0.2, 0) is 9.53 Å². The molecular weight excluding hydrogens is 459 g/mol. The van der Waals surface area contributed by atoms with Crippen LogP contribution < -0.4 is 5.32 Å². The number of hydrogen-bond acceptors (Lipinski definition) is 7. The van der Waals surface area contributed by atoms with E-state index in [2.05, 4.69) is 25.6 Å². The van der Waals surface area contributed by atoms with Gasteiger partial charge >= 0.3 is 0 Å². The number of carboxylic acid groups (broad SMARTS) is 1. The number of carbonyl (C=O) groups is 2. The third kappa shape index (κ3) is 5.27. The standard InChI is InChI=1S/C22H21FN6O3.CH2O2/c1-2-31-15-8-14(9-15)29-12-17(21(28-29)20-16(23)4-3-7-24-20)27-22(30)19-6-5-18(32-19)13-10-25-26-11-13;2-1-3/h3-7,10-12,14-15H,2,8-9H2,1H3,(H,25,26)(H,27,30);1H,(H,2,3)/t14-,15-;. The quantitative estimate of drug-likeness (QED) is 0.337. The first-order valence-corrected chi connectivity index (χ1v) is 10.8. The number of nitrogens with one attached hydrogen (secondary N) is 2. The Hall–Kier alpha value is -4.32. The summed E-state index contributed by atoms with van der Waals surface area (Å²) < 4.78 is 27.5. The first-order valence-electron chi connectivity index (χ1n) is 10.8. The van der Waals surface area contributed by atoms with E-state index in [1.165, 1.54) is 18.3 Å². The summed E-state index contributed by atoms with van der Waals surface area (Å²) in [7, 11) is 0. The molecule has 4 aromatic heterocycles. The van der Waals surface area contributed by atoms with Crippen LogP contribution in [0.15, 0.2) is 53.5 Å². The number of anilines is 1. The average Bonchev–Trinajstić information content (AvgIpc) is 3.57. The molecule has 1 aliphatic carbocycles. The monoisotopic (exact) mass is 482 g/mol. The molecule has 35 heavy (non-hydrogen) atoms. The molecule has 4 aromatic rings. The third-order valence-corrected chi connectivity index (χ3v) is 5.42. The van der Waals surface area contributed by atoms with Gasteiger partial charge in [0.1, 0.15) is 17.1 Å². The lowest BCUT2D eigenvalue weighted by Gasteiger charge is -2.34.